The molecule has 0 radical (unpaired) electrons. The van der Waals surface area contributed by atoms with Gasteiger partial charge in [0.05, 0.1) is 40.3 Å². The molecule has 3 aromatic rings. The second-order valence-electron chi connectivity index (χ2n) is 12.0. The second-order valence-corrected chi connectivity index (χ2v) is 12.4. The van der Waals surface area contributed by atoms with Crippen LogP contribution in [-0.2, 0) is 11.4 Å². The van der Waals surface area contributed by atoms with Crippen molar-refractivity contribution in [1.82, 2.24) is 0 Å². The summed E-state index contributed by atoms with van der Waals surface area (Å²) in [4.78, 5) is 26.4. The molecule has 1 aliphatic carbocycles. The molecule has 0 saturated carbocycles. The van der Waals surface area contributed by atoms with Crippen LogP contribution in [0.1, 0.15) is 54.9 Å². The Morgan fingerprint density at radius 3 is 2.45 bits per heavy atom. The van der Waals surface area contributed by atoms with Crippen molar-refractivity contribution in [2.75, 3.05) is 12.0 Å². The molecule has 1 atom stereocenters. The van der Waals surface area contributed by atoms with Crippen LogP contribution in [0.2, 0.25) is 5.02 Å². The Morgan fingerprint density at radius 1 is 1.14 bits per heavy atom. The highest BCUT2D eigenvalue weighted by Gasteiger charge is 2.45. The van der Waals surface area contributed by atoms with E-state index in [4.69, 9.17) is 26.8 Å². The number of carbonyl (C=O) groups excluding carboxylic acids is 1. The number of nitro groups is 1. The van der Waals surface area contributed by atoms with E-state index >= 15 is 0 Å². The van der Waals surface area contributed by atoms with E-state index in [0.29, 0.717) is 34.7 Å². The van der Waals surface area contributed by atoms with E-state index in [0.717, 1.165) is 22.4 Å². The number of ketones is 1. The summed E-state index contributed by atoms with van der Waals surface area (Å²) in [6.45, 7) is 8.16. The van der Waals surface area contributed by atoms with E-state index in [2.05, 4.69) is 6.07 Å². The van der Waals surface area contributed by atoms with Crippen LogP contribution in [-0.4, -0.2) is 17.8 Å². The van der Waals surface area contributed by atoms with E-state index in [9.17, 15) is 20.2 Å². The average molecular weight is 613 g/mol. The minimum absolute atomic E-state index is 0.0796. The number of nitriles is 1. The highest BCUT2D eigenvalue weighted by Crippen LogP contribution is 2.51. The molecule has 2 aliphatic rings. The van der Waals surface area contributed by atoms with Crippen molar-refractivity contribution in [2.24, 2.45) is 11.1 Å². The molecule has 0 amide bonds. The van der Waals surface area contributed by atoms with Gasteiger partial charge in [0.15, 0.2) is 5.78 Å². The molecule has 3 aromatic carbocycles. The molecule has 2 N–H and O–H groups in total. The van der Waals surface area contributed by atoms with Gasteiger partial charge in [-0.1, -0.05) is 49.7 Å². The van der Waals surface area contributed by atoms with Gasteiger partial charge in [-0.05, 0) is 60.6 Å². The van der Waals surface area contributed by atoms with Gasteiger partial charge in [0.1, 0.15) is 23.9 Å². The molecular weight excluding hydrogens is 580 g/mol. The van der Waals surface area contributed by atoms with Crippen LogP contribution in [0.3, 0.4) is 0 Å². The van der Waals surface area contributed by atoms with Gasteiger partial charge in [-0.25, -0.2) is 0 Å². The number of carbonyl (C=O) groups is 1. The predicted molar refractivity (Wildman–Crippen MR) is 168 cm³/mol. The van der Waals surface area contributed by atoms with Crippen molar-refractivity contribution in [3.63, 3.8) is 0 Å². The normalized spacial score (nSPS) is 17.7. The number of hydrogen-bond acceptors (Lipinski definition) is 8. The molecular formula is C34H33ClN4O5. The average Bonchev–Trinajstić information content (AvgIpc) is 2.96. The van der Waals surface area contributed by atoms with Crippen molar-refractivity contribution in [3.8, 4) is 17.6 Å². The van der Waals surface area contributed by atoms with Crippen LogP contribution in [0.15, 0.2) is 77.3 Å². The number of halogens is 1. The molecule has 5 rings (SSSR count). The number of ether oxygens (including phenoxy) is 2. The Balaban J connectivity index is 1.66. The fourth-order valence-electron chi connectivity index (χ4n) is 6.18. The summed E-state index contributed by atoms with van der Waals surface area (Å²) < 4.78 is 11.9. The summed E-state index contributed by atoms with van der Waals surface area (Å²) in [6.07, 6.45) is 0.747. The lowest BCUT2D eigenvalue weighted by molar-refractivity contribution is -0.384. The zero-order valence-electron chi connectivity index (χ0n) is 25.2. The standard InChI is InChI=1S/C34H33ClN4O5/c1-19-7-6-8-20(2)32(19)44-18-22-13-21(9-12-29(22)43-5)30-24(17-36)33(37)38(26-11-10-23(39(41)42)14-25(26)35)27-15-34(3,4)16-28(40)31(27)30/h6-14,30H,15-16,18,37H2,1-5H3/t30-/m1/s1. The van der Waals surface area contributed by atoms with E-state index in [1.807, 2.05) is 58.0 Å². The predicted octanol–water partition coefficient (Wildman–Crippen LogP) is 7.39. The maximum absolute atomic E-state index is 14.0. The van der Waals surface area contributed by atoms with E-state index in [1.54, 1.807) is 18.1 Å². The van der Waals surface area contributed by atoms with Gasteiger partial charge < -0.3 is 15.2 Å². The number of hydrogen-bond donors (Lipinski definition) is 1. The third-order valence-electron chi connectivity index (χ3n) is 8.18. The first-order valence-corrected chi connectivity index (χ1v) is 14.5. The summed E-state index contributed by atoms with van der Waals surface area (Å²) in [5, 5.41) is 21.9. The molecule has 0 spiro atoms. The van der Waals surface area contributed by atoms with E-state index in [-0.39, 0.29) is 40.9 Å². The van der Waals surface area contributed by atoms with E-state index in [1.165, 1.54) is 18.2 Å². The first-order chi connectivity index (χ1) is 20.9. The summed E-state index contributed by atoms with van der Waals surface area (Å²) in [7, 11) is 1.58. The Bertz CT molecular complexity index is 1780. The Hall–Kier alpha value is -4.81. The number of nitrogens with two attached hydrogens (primary N) is 1. The van der Waals surface area contributed by atoms with Crippen molar-refractivity contribution in [2.45, 2.75) is 53.1 Å². The molecule has 0 saturated heterocycles. The first kappa shape index (κ1) is 30.6. The van der Waals surface area contributed by atoms with Crippen LogP contribution in [0.5, 0.6) is 11.5 Å². The minimum atomic E-state index is -0.739. The Kier molecular flexibility index (Phi) is 8.15. The molecule has 0 unspecified atom stereocenters. The molecule has 1 heterocycles. The number of rotatable bonds is 7. The fraction of sp³-hybridized carbons (Fsp3) is 0.294. The molecule has 9 nitrogen and oxygen atoms in total. The van der Waals surface area contributed by atoms with Crippen molar-refractivity contribution in [1.29, 1.82) is 5.26 Å². The minimum Gasteiger partial charge on any atom is -0.496 e. The third-order valence-corrected chi connectivity index (χ3v) is 8.49. The number of Topliss-reactive ketones (excluding diaryl/α,β-unsaturated/α-hetero) is 1. The van der Waals surface area contributed by atoms with Crippen LogP contribution < -0.4 is 20.1 Å². The number of aryl methyl sites for hydroxylation is 2. The van der Waals surface area contributed by atoms with Crippen LogP contribution in [0.4, 0.5) is 11.4 Å². The number of methoxy groups -OCH3 is 1. The van der Waals surface area contributed by atoms with Crippen molar-refractivity contribution in [3.05, 3.63) is 115 Å². The third kappa shape index (κ3) is 5.49. The van der Waals surface area contributed by atoms with Crippen LogP contribution in [0, 0.1) is 40.7 Å². The summed E-state index contributed by atoms with van der Waals surface area (Å²) in [6, 6.07) is 17.8. The SMILES string of the molecule is COc1ccc([C@@H]2C(C#N)=C(N)N(c3ccc([N+](=O)[O-])cc3Cl)C3=C2C(=O)CC(C)(C)C3)cc1COc1c(C)cccc1C. The number of nitro benzene ring substituents is 1. The molecule has 1 aliphatic heterocycles. The number of non-ortho nitro benzene ring substituents is 1. The molecule has 226 valence electrons. The molecule has 44 heavy (non-hydrogen) atoms. The lowest BCUT2D eigenvalue weighted by Crippen LogP contribution is -2.42. The first-order valence-electron chi connectivity index (χ1n) is 14.1. The summed E-state index contributed by atoms with van der Waals surface area (Å²) in [5.74, 6) is 0.660. The van der Waals surface area contributed by atoms with Gasteiger partial charge in [0.25, 0.3) is 5.69 Å². The van der Waals surface area contributed by atoms with Gasteiger partial charge in [-0.15, -0.1) is 0 Å². The van der Waals surface area contributed by atoms with Crippen LogP contribution >= 0.6 is 11.6 Å². The van der Waals surface area contributed by atoms with Gasteiger partial charge in [-0.2, -0.15) is 5.26 Å². The molecule has 0 fully saturated rings. The molecule has 0 aromatic heterocycles. The zero-order chi connectivity index (χ0) is 31.9. The lowest BCUT2D eigenvalue weighted by atomic mass is 9.68. The van der Waals surface area contributed by atoms with Gasteiger partial charge in [-0.3, -0.25) is 19.8 Å². The smallest absolute Gasteiger partial charge is 0.271 e. The van der Waals surface area contributed by atoms with Crippen LogP contribution in [0.25, 0.3) is 0 Å². The number of benzene rings is 3. The summed E-state index contributed by atoms with van der Waals surface area (Å²) in [5.41, 5.74) is 11.2. The number of anilines is 1. The fourth-order valence-corrected chi connectivity index (χ4v) is 6.43. The largest absolute Gasteiger partial charge is 0.496 e. The van der Waals surface area contributed by atoms with E-state index < -0.39 is 16.3 Å². The Morgan fingerprint density at radius 2 is 1.84 bits per heavy atom. The quantitative estimate of drug-likeness (QED) is 0.216. The molecule has 0 bridgehead atoms. The monoisotopic (exact) mass is 612 g/mol. The Labute approximate surface area is 261 Å². The van der Waals surface area contributed by atoms with Gasteiger partial charge in [0, 0.05) is 35.4 Å². The lowest BCUT2D eigenvalue weighted by Gasteiger charge is -2.44. The maximum Gasteiger partial charge on any atom is 0.271 e. The maximum atomic E-state index is 14.0. The highest BCUT2D eigenvalue weighted by atomic mass is 35.5. The zero-order valence-corrected chi connectivity index (χ0v) is 26.0. The number of allylic oxidation sites excluding steroid dienone is 3. The second kappa shape index (κ2) is 11.7. The van der Waals surface area contributed by atoms with Gasteiger partial charge in [0.2, 0.25) is 0 Å². The summed E-state index contributed by atoms with van der Waals surface area (Å²) >= 11 is 6.57. The number of nitrogens with zero attached hydrogens (tertiary/aromatic N) is 3. The molecule has 10 heteroatoms. The van der Waals surface area contributed by atoms with Gasteiger partial charge >= 0.3 is 0 Å². The number of para-hydroxylation sites is 1. The van der Waals surface area contributed by atoms with Crippen molar-refractivity contribution >= 4 is 28.8 Å². The van der Waals surface area contributed by atoms with Crippen molar-refractivity contribution < 1.29 is 19.2 Å². The highest BCUT2D eigenvalue weighted by molar-refractivity contribution is 6.33. The topological polar surface area (TPSA) is 132 Å².